The molecule has 32 heavy (non-hydrogen) atoms. The summed E-state index contributed by atoms with van der Waals surface area (Å²) in [5.41, 5.74) is 1.96. The van der Waals surface area contributed by atoms with Gasteiger partial charge < -0.3 is 15.2 Å². The zero-order valence-corrected chi connectivity index (χ0v) is 18.9. The van der Waals surface area contributed by atoms with Gasteiger partial charge in [-0.2, -0.15) is 0 Å². The van der Waals surface area contributed by atoms with Crippen LogP contribution in [-0.2, 0) is 11.8 Å². The summed E-state index contributed by atoms with van der Waals surface area (Å²) in [6.07, 6.45) is 3.57. The summed E-state index contributed by atoms with van der Waals surface area (Å²) in [5, 5.41) is 6.23. The Morgan fingerprint density at radius 1 is 1.09 bits per heavy atom. The molecule has 0 saturated carbocycles. The molecule has 2 N–H and O–H groups in total. The largest absolute Gasteiger partial charge is 0.340 e. The first-order chi connectivity index (χ1) is 15.4. The van der Waals surface area contributed by atoms with E-state index in [1.165, 1.54) is 11.3 Å². The van der Waals surface area contributed by atoms with Crippen LogP contribution in [0.5, 0.6) is 0 Å². The molecular formula is C23H20ClN5O2S. The Morgan fingerprint density at radius 3 is 2.50 bits per heavy atom. The third-order valence-electron chi connectivity index (χ3n) is 4.79. The second-order valence-electron chi connectivity index (χ2n) is 7.09. The van der Waals surface area contributed by atoms with E-state index in [1.54, 1.807) is 37.4 Å². The first-order valence-electron chi connectivity index (χ1n) is 9.84. The maximum atomic E-state index is 12.8. The van der Waals surface area contributed by atoms with E-state index in [0.29, 0.717) is 15.7 Å². The Hall–Kier alpha value is -3.49. The molecule has 4 aromatic rings. The van der Waals surface area contributed by atoms with Gasteiger partial charge in [0.2, 0.25) is 5.91 Å². The standard InChI is InChI=1S/C23H20ClN5O2S/c1-14(26-22(31)16-10-6-7-11-17(16)24)21(30)28-23-27-18(15-8-4-3-5-9-15)19(32-23)20-25-12-13-29(20)2/h3-14H,1-2H3,(H,26,31)(H,27,28,30). The minimum atomic E-state index is -0.792. The molecule has 0 fully saturated rings. The number of hydrogen-bond donors (Lipinski definition) is 2. The van der Waals surface area contributed by atoms with E-state index in [9.17, 15) is 9.59 Å². The van der Waals surface area contributed by atoms with Crippen LogP contribution >= 0.6 is 22.9 Å². The number of thiazole rings is 1. The van der Waals surface area contributed by atoms with E-state index in [1.807, 2.05) is 48.1 Å². The minimum Gasteiger partial charge on any atom is -0.340 e. The number of rotatable bonds is 6. The zero-order valence-electron chi connectivity index (χ0n) is 17.4. The summed E-state index contributed by atoms with van der Waals surface area (Å²) < 4.78 is 1.90. The third kappa shape index (κ3) is 4.56. The first kappa shape index (κ1) is 21.7. The van der Waals surface area contributed by atoms with E-state index < -0.39 is 11.9 Å². The molecule has 9 heteroatoms. The van der Waals surface area contributed by atoms with Crippen molar-refractivity contribution in [1.29, 1.82) is 0 Å². The van der Waals surface area contributed by atoms with Crippen LogP contribution in [0, 0.1) is 0 Å². The number of amides is 2. The maximum absolute atomic E-state index is 12.8. The molecule has 0 bridgehead atoms. The van der Waals surface area contributed by atoms with Crippen LogP contribution in [0.3, 0.4) is 0 Å². The molecule has 2 amide bonds. The molecule has 162 valence electrons. The highest BCUT2D eigenvalue weighted by Gasteiger charge is 2.22. The van der Waals surface area contributed by atoms with E-state index >= 15 is 0 Å². The summed E-state index contributed by atoms with van der Waals surface area (Å²) in [5.74, 6) is -0.0526. The van der Waals surface area contributed by atoms with Crippen LogP contribution in [0.25, 0.3) is 22.0 Å². The van der Waals surface area contributed by atoms with Crippen molar-refractivity contribution in [2.24, 2.45) is 7.05 Å². The van der Waals surface area contributed by atoms with Crippen molar-refractivity contribution in [3.63, 3.8) is 0 Å². The Morgan fingerprint density at radius 2 is 1.81 bits per heavy atom. The SMILES string of the molecule is CC(NC(=O)c1ccccc1Cl)C(=O)Nc1nc(-c2ccccc2)c(-c2nccn2C)s1. The number of halogens is 1. The molecule has 0 aliphatic heterocycles. The van der Waals surface area contributed by atoms with Gasteiger partial charge in [-0.1, -0.05) is 65.4 Å². The summed E-state index contributed by atoms with van der Waals surface area (Å²) >= 11 is 7.40. The highest BCUT2D eigenvalue weighted by atomic mass is 35.5. The lowest BCUT2D eigenvalue weighted by atomic mass is 10.1. The van der Waals surface area contributed by atoms with Gasteiger partial charge in [0.25, 0.3) is 5.91 Å². The lowest BCUT2D eigenvalue weighted by Crippen LogP contribution is -2.41. The first-order valence-corrected chi connectivity index (χ1v) is 11.0. The number of benzene rings is 2. The Kier molecular flexibility index (Phi) is 6.34. The molecule has 0 spiro atoms. The van der Waals surface area contributed by atoms with Crippen LogP contribution in [0.4, 0.5) is 5.13 Å². The van der Waals surface area contributed by atoms with Gasteiger partial charge in [0, 0.05) is 25.0 Å². The van der Waals surface area contributed by atoms with Crippen LogP contribution in [-0.4, -0.2) is 32.4 Å². The van der Waals surface area contributed by atoms with E-state index in [4.69, 9.17) is 11.6 Å². The number of anilines is 1. The molecule has 1 unspecified atom stereocenters. The van der Waals surface area contributed by atoms with Gasteiger partial charge in [-0.25, -0.2) is 9.97 Å². The molecule has 7 nitrogen and oxygen atoms in total. The van der Waals surface area contributed by atoms with Crippen LogP contribution < -0.4 is 10.6 Å². The van der Waals surface area contributed by atoms with E-state index in [0.717, 1.165) is 22.0 Å². The molecule has 0 aliphatic rings. The molecule has 2 aromatic heterocycles. The maximum Gasteiger partial charge on any atom is 0.253 e. The van der Waals surface area contributed by atoms with Gasteiger partial charge in [0.1, 0.15) is 6.04 Å². The highest BCUT2D eigenvalue weighted by molar-refractivity contribution is 7.19. The minimum absolute atomic E-state index is 0.312. The van der Waals surface area contributed by atoms with Crippen molar-refractivity contribution in [2.75, 3.05) is 5.32 Å². The Balaban J connectivity index is 1.56. The van der Waals surface area contributed by atoms with Gasteiger partial charge >= 0.3 is 0 Å². The van der Waals surface area contributed by atoms with Crippen LogP contribution in [0.15, 0.2) is 67.0 Å². The van der Waals surface area contributed by atoms with E-state index in [2.05, 4.69) is 20.6 Å². The normalized spacial score (nSPS) is 11.7. The molecule has 0 aliphatic carbocycles. The van der Waals surface area contributed by atoms with Gasteiger partial charge in [0.05, 0.1) is 21.2 Å². The van der Waals surface area contributed by atoms with Crippen LogP contribution in [0.2, 0.25) is 5.02 Å². The smallest absolute Gasteiger partial charge is 0.253 e. The van der Waals surface area contributed by atoms with Gasteiger partial charge in [-0.3, -0.25) is 9.59 Å². The molecule has 0 saturated heterocycles. The molecular weight excluding hydrogens is 446 g/mol. The summed E-state index contributed by atoms with van der Waals surface area (Å²) in [6, 6.07) is 15.6. The zero-order chi connectivity index (χ0) is 22.7. The number of carbonyl (C=O) groups is 2. The highest BCUT2D eigenvalue weighted by Crippen LogP contribution is 2.38. The van der Waals surface area contributed by atoms with Crippen molar-refractivity contribution in [3.8, 4) is 22.0 Å². The Bertz CT molecular complexity index is 1270. The quantitative estimate of drug-likeness (QED) is 0.434. The number of aryl methyl sites for hydroxylation is 1. The number of imidazole rings is 1. The predicted molar refractivity (Wildman–Crippen MR) is 127 cm³/mol. The van der Waals surface area contributed by atoms with Crippen molar-refractivity contribution in [3.05, 3.63) is 77.6 Å². The van der Waals surface area contributed by atoms with Gasteiger partial charge in [0.15, 0.2) is 11.0 Å². The number of hydrogen-bond acceptors (Lipinski definition) is 5. The third-order valence-corrected chi connectivity index (χ3v) is 6.08. The number of carbonyl (C=O) groups excluding carboxylic acids is 2. The average Bonchev–Trinajstić information content (AvgIpc) is 3.40. The van der Waals surface area contributed by atoms with Crippen molar-refractivity contribution >= 4 is 39.9 Å². The topological polar surface area (TPSA) is 88.9 Å². The second-order valence-corrected chi connectivity index (χ2v) is 8.50. The van der Waals surface area contributed by atoms with E-state index in [-0.39, 0.29) is 5.91 Å². The summed E-state index contributed by atoms with van der Waals surface area (Å²) in [7, 11) is 1.90. The lowest BCUT2D eigenvalue weighted by Gasteiger charge is -2.13. The lowest BCUT2D eigenvalue weighted by molar-refractivity contribution is -0.117. The van der Waals surface area contributed by atoms with Crippen molar-refractivity contribution in [2.45, 2.75) is 13.0 Å². The monoisotopic (exact) mass is 465 g/mol. The van der Waals surface area contributed by atoms with Gasteiger partial charge in [-0.05, 0) is 19.1 Å². The van der Waals surface area contributed by atoms with Crippen molar-refractivity contribution < 1.29 is 9.59 Å². The fraction of sp³-hybridized carbons (Fsp3) is 0.130. The molecule has 1 atom stereocenters. The van der Waals surface area contributed by atoms with Crippen molar-refractivity contribution in [1.82, 2.24) is 19.9 Å². The summed E-state index contributed by atoms with van der Waals surface area (Å²) in [6.45, 7) is 1.61. The van der Waals surface area contributed by atoms with Gasteiger partial charge in [-0.15, -0.1) is 0 Å². The molecule has 4 rings (SSSR count). The Labute approximate surface area is 194 Å². The number of aromatic nitrogens is 3. The predicted octanol–water partition coefficient (Wildman–Crippen LogP) is 4.62. The average molecular weight is 466 g/mol. The second kappa shape index (κ2) is 9.33. The van der Waals surface area contributed by atoms with Crippen LogP contribution in [0.1, 0.15) is 17.3 Å². The fourth-order valence-corrected chi connectivity index (χ4v) is 4.35. The molecule has 0 radical (unpaired) electrons. The molecule has 2 heterocycles. The number of nitrogens with zero attached hydrogens (tertiary/aromatic N) is 3. The summed E-state index contributed by atoms with van der Waals surface area (Å²) in [4.78, 5) is 35.2. The fourth-order valence-electron chi connectivity index (χ4n) is 3.10. The number of nitrogens with one attached hydrogen (secondary N) is 2. The molecule has 2 aromatic carbocycles.